The molecule has 0 aromatic rings. The second kappa shape index (κ2) is 8.44. The lowest BCUT2D eigenvalue weighted by Crippen LogP contribution is -2.40. The fourth-order valence-electron chi connectivity index (χ4n) is 1.98. The summed E-state index contributed by atoms with van der Waals surface area (Å²) in [5.74, 6) is 0.175. The molecule has 17 heavy (non-hydrogen) atoms. The van der Waals surface area contributed by atoms with Crippen LogP contribution >= 0.6 is 0 Å². The summed E-state index contributed by atoms with van der Waals surface area (Å²) in [5, 5.41) is 3.40. The molecule has 0 aliphatic carbocycles. The maximum atomic E-state index is 10.7. The van der Waals surface area contributed by atoms with Crippen molar-refractivity contribution in [1.82, 2.24) is 10.2 Å². The van der Waals surface area contributed by atoms with Crippen molar-refractivity contribution in [3.05, 3.63) is 0 Å². The van der Waals surface area contributed by atoms with Gasteiger partial charge < -0.3 is 15.8 Å². The minimum absolute atomic E-state index is 0.203. The molecule has 0 bridgehead atoms. The molecule has 1 aliphatic heterocycles. The highest BCUT2D eigenvalue weighted by molar-refractivity contribution is 5.73. The van der Waals surface area contributed by atoms with Gasteiger partial charge in [-0.2, -0.15) is 0 Å². The first-order chi connectivity index (χ1) is 8.18. The van der Waals surface area contributed by atoms with E-state index in [-0.39, 0.29) is 5.91 Å². The minimum atomic E-state index is -0.203. The summed E-state index contributed by atoms with van der Waals surface area (Å²) in [5.41, 5.74) is 5.14. The Balaban J connectivity index is 1.91. The number of nitrogens with two attached hydrogens (primary N) is 1. The molecule has 0 radical (unpaired) electrons. The van der Waals surface area contributed by atoms with E-state index >= 15 is 0 Å². The summed E-state index contributed by atoms with van der Waals surface area (Å²) in [6.07, 6.45) is 1.50. The van der Waals surface area contributed by atoms with Crippen LogP contribution in [0.2, 0.25) is 0 Å². The number of hydrogen-bond acceptors (Lipinski definition) is 4. The molecule has 1 rings (SSSR count). The van der Waals surface area contributed by atoms with E-state index in [1.807, 2.05) is 0 Å². The second-order valence-electron chi connectivity index (χ2n) is 4.77. The van der Waals surface area contributed by atoms with Crippen LogP contribution in [0.3, 0.4) is 0 Å². The van der Waals surface area contributed by atoms with Crippen molar-refractivity contribution in [3.8, 4) is 0 Å². The minimum Gasteiger partial charge on any atom is -0.379 e. The maximum absolute atomic E-state index is 10.7. The topological polar surface area (TPSA) is 67.6 Å². The lowest BCUT2D eigenvalue weighted by molar-refractivity contribution is -0.118. The maximum Gasteiger partial charge on any atom is 0.217 e. The van der Waals surface area contributed by atoms with Crippen molar-refractivity contribution < 1.29 is 9.53 Å². The van der Waals surface area contributed by atoms with Crippen LogP contribution in [-0.2, 0) is 9.53 Å². The molecule has 5 heteroatoms. The van der Waals surface area contributed by atoms with Gasteiger partial charge in [-0.3, -0.25) is 9.69 Å². The van der Waals surface area contributed by atoms with Gasteiger partial charge in [-0.25, -0.2) is 0 Å². The predicted molar refractivity (Wildman–Crippen MR) is 67.7 cm³/mol. The zero-order valence-corrected chi connectivity index (χ0v) is 10.8. The largest absolute Gasteiger partial charge is 0.379 e. The van der Waals surface area contributed by atoms with Crippen molar-refractivity contribution >= 4 is 5.91 Å². The summed E-state index contributed by atoms with van der Waals surface area (Å²) in [4.78, 5) is 13.1. The Kier molecular flexibility index (Phi) is 7.16. The molecule has 1 aliphatic rings. The Morgan fingerprint density at radius 2 is 2.12 bits per heavy atom. The van der Waals surface area contributed by atoms with Crippen LogP contribution < -0.4 is 11.1 Å². The van der Waals surface area contributed by atoms with Crippen molar-refractivity contribution in [2.45, 2.75) is 19.8 Å². The molecule has 1 fully saturated rings. The van der Waals surface area contributed by atoms with Gasteiger partial charge in [-0.1, -0.05) is 6.92 Å². The molecule has 0 aromatic heterocycles. The summed E-state index contributed by atoms with van der Waals surface area (Å²) in [7, 11) is 0. The van der Waals surface area contributed by atoms with E-state index in [0.717, 1.165) is 52.4 Å². The zero-order valence-electron chi connectivity index (χ0n) is 10.8. The molecule has 1 amide bonds. The monoisotopic (exact) mass is 243 g/mol. The number of morpholine rings is 1. The van der Waals surface area contributed by atoms with Gasteiger partial charge in [0.15, 0.2) is 0 Å². The quantitative estimate of drug-likeness (QED) is 0.580. The van der Waals surface area contributed by atoms with Gasteiger partial charge in [0.1, 0.15) is 0 Å². The summed E-state index contributed by atoms with van der Waals surface area (Å²) >= 11 is 0. The smallest absolute Gasteiger partial charge is 0.217 e. The van der Waals surface area contributed by atoms with Crippen LogP contribution in [0.15, 0.2) is 0 Å². The van der Waals surface area contributed by atoms with Crippen molar-refractivity contribution in [3.63, 3.8) is 0 Å². The average molecular weight is 243 g/mol. The SMILES string of the molecule is C[C@@H](CCNCCN1CCOCC1)CC(N)=O. The van der Waals surface area contributed by atoms with Crippen LogP contribution in [0, 0.1) is 5.92 Å². The van der Waals surface area contributed by atoms with Crippen LogP contribution in [0.1, 0.15) is 19.8 Å². The fraction of sp³-hybridized carbons (Fsp3) is 0.917. The number of hydrogen-bond donors (Lipinski definition) is 2. The molecule has 0 unspecified atom stereocenters. The molecule has 1 heterocycles. The summed E-state index contributed by atoms with van der Waals surface area (Å²) in [6, 6.07) is 0. The Labute approximate surface area is 104 Å². The van der Waals surface area contributed by atoms with Crippen LogP contribution in [0.4, 0.5) is 0 Å². The number of rotatable bonds is 8. The molecular weight excluding hydrogens is 218 g/mol. The summed E-state index contributed by atoms with van der Waals surface area (Å²) < 4.78 is 5.29. The first-order valence-corrected chi connectivity index (χ1v) is 6.47. The third-order valence-electron chi connectivity index (χ3n) is 3.07. The first kappa shape index (κ1) is 14.4. The van der Waals surface area contributed by atoms with Crippen LogP contribution in [-0.4, -0.2) is 56.7 Å². The van der Waals surface area contributed by atoms with Gasteiger partial charge in [0.2, 0.25) is 5.91 Å². The van der Waals surface area contributed by atoms with Gasteiger partial charge in [-0.05, 0) is 18.9 Å². The molecule has 1 saturated heterocycles. The van der Waals surface area contributed by atoms with E-state index in [9.17, 15) is 4.79 Å². The fourth-order valence-corrected chi connectivity index (χ4v) is 1.98. The molecule has 0 aromatic carbocycles. The predicted octanol–water partition coefficient (Wildman–Crippen LogP) is -0.190. The molecular formula is C12H25N3O2. The van der Waals surface area contributed by atoms with E-state index in [0.29, 0.717) is 12.3 Å². The van der Waals surface area contributed by atoms with E-state index < -0.39 is 0 Å². The number of carbonyl (C=O) groups excluding carboxylic acids is 1. The van der Waals surface area contributed by atoms with Gasteiger partial charge >= 0.3 is 0 Å². The first-order valence-electron chi connectivity index (χ1n) is 6.47. The van der Waals surface area contributed by atoms with Crippen molar-refractivity contribution in [2.24, 2.45) is 11.7 Å². The van der Waals surface area contributed by atoms with Crippen LogP contribution in [0.25, 0.3) is 0 Å². The van der Waals surface area contributed by atoms with Gasteiger partial charge in [-0.15, -0.1) is 0 Å². The van der Waals surface area contributed by atoms with Crippen molar-refractivity contribution in [1.29, 1.82) is 0 Å². The van der Waals surface area contributed by atoms with Gasteiger partial charge in [0.25, 0.3) is 0 Å². The van der Waals surface area contributed by atoms with E-state index in [2.05, 4.69) is 17.1 Å². The van der Waals surface area contributed by atoms with Crippen molar-refractivity contribution in [2.75, 3.05) is 45.9 Å². The Morgan fingerprint density at radius 1 is 1.41 bits per heavy atom. The number of amides is 1. The highest BCUT2D eigenvalue weighted by Crippen LogP contribution is 2.04. The van der Waals surface area contributed by atoms with Gasteiger partial charge in [0.05, 0.1) is 13.2 Å². The lowest BCUT2D eigenvalue weighted by Gasteiger charge is -2.26. The Bertz CT molecular complexity index is 218. The highest BCUT2D eigenvalue weighted by atomic mass is 16.5. The van der Waals surface area contributed by atoms with Crippen LogP contribution in [0.5, 0.6) is 0 Å². The molecule has 3 N–H and O–H groups in total. The highest BCUT2D eigenvalue weighted by Gasteiger charge is 2.09. The Hall–Kier alpha value is -0.650. The number of nitrogens with one attached hydrogen (secondary N) is 1. The van der Waals surface area contributed by atoms with Gasteiger partial charge in [0, 0.05) is 32.6 Å². The van der Waals surface area contributed by atoms with E-state index in [1.54, 1.807) is 0 Å². The lowest BCUT2D eigenvalue weighted by atomic mass is 10.0. The zero-order chi connectivity index (χ0) is 12.5. The number of ether oxygens (including phenoxy) is 1. The van der Waals surface area contributed by atoms with E-state index in [1.165, 1.54) is 0 Å². The average Bonchev–Trinajstić information content (AvgIpc) is 2.29. The molecule has 100 valence electrons. The Morgan fingerprint density at radius 3 is 2.76 bits per heavy atom. The molecule has 0 saturated carbocycles. The molecule has 5 nitrogen and oxygen atoms in total. The third kappa shape index (κ3) is 7.31. The second-order valence-corrected chi connectivity index (χ2v) is 4.77. The number of nitrogens with zero attached hydrogens (tertiary/aromatic N) is 1. The third-order valence-corrected chi connectivity index (χ3v) is 3.07. The normalized spacial score (nSPS) is 19.1. The number of primary amides is 1. The molecule has 0 spiro atoms. The standard InChI is InChI=1S/C12H25N3O2/c1-11(10-12(13)16)2-3-14-4-5-15-6-8-17-9-7-15/h11,14H,2-10H2,1H3,(H2,13,16)/t11-/m0/s1. The van der Waals surface area contributed by atoms with E-state index in [4.69, 9.17) is 10.5 Å². The summed E-state index contributed by atoms with van der Waals surface area (Å²) in [6.45, 7) is 8.90. The number of carbonyl (C=O) groups is 1. The molecule has 1 atom stereocenters.